The molecule has 1 saturated heterocycles. The van der Waals surface area contributed by atoms with Crippen LogP contribution in [0.3, 0.4) is 0 Å². The highest BCUT2D eigenvalue weighted by Gasteiger charge is 2.23. The minimum absolute atomic E-state index is 0. The van der Waals surface area contributed by atoms with E-state index >= 15 is 0 Å². The van der Waals surface area contributed by atoms with Gasteiger partial charge < -0.3 is 19.7 Å². The van der Waals surface area contributed by atoms with Gasteiger partial charge >= 0.3 is 0 Å². The molecule has 0 radical (unpaired) electrons. The molecule has 1 aromatic carbocycles. The highest BCUT2D eigenvalue weighted by Crippen LogP contribution is 2.36. The Labute approximate surface area is 148 Å². The number of nitrogens with zero attached hydrogens (tertiary/aromatic N) is 1. The number of rotatable bonds is 5. The van der Waals surface area contributed by atoms with Crippen molar-refractivity contribution in [2.24, 2.45) is 0 Å². The largest absolute Gasteiger partial charge is 0.493 e. The van der Waals surface area contributed by atoms with Gasteiger partial charge in [0.15, 0.2) is 11.5 Å². The van der Waals surface area contributed by atoms with Crippen molar-refractivity contribution in [1.29, 1.82) is 0 Å². The number of carbonyl (C=O) groups excluding carboxylic acids is 1. The summed E-state index contributed by atoms with van der Waals surface area (Å²) in [6.45, 7) is 6.82. The van der Waals surface area contributed by atoms with Crippen molar-refractivity contribution < 1.29 is 14.3 Å². The lowest BCUT2D eigenvalue weighted by atomic mass is 10.1. The molecule has 0 saturated carbocycles. The van der Waals surface area contributed by atoms with Crippen LogP contribution in [0.2, 0.25) is 5.02 Å². The van der Waals surface area contributed by atoms with Crippen molar-refractivity contribution >= 4 is 29.9 Å². The molecule has 1 aliphatic heterocycles. The van der Waals surface area contributed by atoms with Crippen LogP contribution >= 0.6 is 24.0 Å². The van der Waals surface area contributed by atoms with E-state index in [1.165, 1.54) is 0 Å². The van der Waals surface area contributed by atoms with Crippen LogP contribution in [0.5, 0.6) is 11.5 Å². The summed E-state index contributed by atoms with van der Waals surface area (Å²) in [5.74, 6) is 0.958. The number of benzene rings is 1. The predicted octanol–water partition coefficient (Wildman–Crippen LogP) is 2.99. The van der Waals surface area contributed by atoms with E-state index in [2.05, 4.69) is 12.2 Å². The molecule has 5 nitrogen and oxygen atoms in total. The number of hydrogen-bond donors (Lipinski definition) is 1. The molecule has 0 bridgehead atoms. The summed E-state index contributed by atoms with van der Waals surface area (Å²) < 4.78 is 10.9. The van der Waals surface area contributed by atoms with E-state index in [9.17, 15) is 4.79 Å². The molecule has 7 heteroatoms. The fourth-order valence-electron chi connectivity index (χ4n) is 2.49. The number of carbonyl (C=O) groups is 1. The van der Waals surface area contributed by atoms with Gasteiger partial charge in [-0.1, -0.05) is 18.5 Å². The number of methoxy groups -OCH3 is 1. The van der Waals surface area contributed by atoms with Crippen LogP contribution in [0.25, 0.3) is 0 Å². The Hall–Kier alpha value is -1.17. The summed E-state index contributed by atoms with van der Waals surface area (Å²) >= 11 is 6.27. The first kappa shape index (κ1) is 19.9. The number of amides is 1. The van der Waals surface area contributed by atoms with E-state index in [4.69, 9.17) is 21.1 Å². The molecule has 1 N–H and O–H groups in total. The molecule has 0 spiro atoms. The topological polar surface area (TPSA) is 50.8 Å². The second kappa shape index (κ2) is 9.21. The van der Waals surface area contributed by atoms with Crippen molar-refractivity contribution in [3.63, 3.8) is 0 Å². The van der Waals surface area contributed by atoms with Gasteiger partial charge in [0, 0.05) is 31.2 Å². The average molecular weight is 363 g/mol. The Morgan fingerprint density at radius 3 is 2.83 bits per heavy atom. The van der Waals surface area contributed by atoms with Gasteiger partial charge in [0.25, 0.3) is 5.91 Å². The second-order valence-corrected chi connectivity index (χ2v) is 5.85. The van der Waals surface area contributed by atoms with E-state index in [1.807, 2.05) is 11.8 Å². The summed E-state index contributed by atoms with van der Waals surface area (Å²) in [4.78, 5) is 14.5. The Balaban J connectivity index is 0.00000264. The Morgan fingerprint density at radius 1 is 1.48 bits per heavy atom. The third kappa shape index (κ3) is 4.90. The van der Waals surface area contributed by atoms with Crippen molar-refractivity contribution in [2.75, 3.05) is 33.4 Å². The highest BCUT2D eigenvalue weighted by atomic mass is 35.5. The number of nitrogens with one attached hydrogen (secondary N) is 1. The average Bonchev–Trinajstić information content (AvgIpc) is 2.52. The summed E-state index contributed by atoms with van der Waals surface area (Å²) in [5.41, 5.74) is 0.528. The molecule has 1 heterocycles. The van der Waals surface area contributed by atoms with Crippen LogP contribution in [0.15, 0.2) is 12.1 Å². The fourth-order valence-corrected chi connectivity index (χ4v) is 2.75. The quantitative estimate of drug-likeness (QED) is 0.874. The first-order chi connectivity index (χ1) is 10.6. The lowest BCUT2D eigenvalue weighted by Gasteiger charge is -2.32. The molecule has 23 heavy (non-hydrogen) atoms. The lowest BCUT2D eigenvalue weighted by molar-refractivity contribution is 0.0708. The third-order valence-corrected chi connectivity index (χ3v) is 3.86. The summed E-state index contributed by atoms with van der Waals surface area (Å²) in [7, 11) is 1.55. The van der Waals surface area contributed by atoms with Gasteiger partial charge in [0.1, 0.15) is 0 Å². The maximum Gasteiger partial charge on any atom is 0.254 e. The molecule has 1 unspecified atom stereocenters. The van der Waals surface area contributed by atoms with E-state index < -0.39 is 0 Å². The van der Waals surface area contributed by atoms with E-state index in [-0.39, 0.29) is 18.3 Å². The zero-order valence-corrected chi connectivity index (χ0v) is 15.3. The van der Waals surface area contributed by atoms with E-state index in [0.717, 1.165) is 13.0 Å². The van der Waals surface area contributed by atoms with Crippen LogP contribution < -0.4 is 14.8 Å². The zero-order valence-electron chi connectivity index (χ0n) is 13.7. The number of ether oxygens (including phenoxy) is 2. The normalized spacial score (nSPS) is 17.4. The van der Waals surface area contributed by atoms with Crippen LogP contribution in [0.4, 0.5) is 0 Å². The molecule has 0 aromatic heterocycles. The Kier molecular flexibility index (Phi) is 7.95. The van der Waals surface area contributed by atoms with Crippen molar-refractivity contribution in [1.82, 2.24) is 10.2 Å². The summed E-state index contributed by atoms with van der Waals surface area (Å²) in [6.07, 6.45) is 0.874. The van der Waals surface area contributed by atoms with Gasteiger partial charge in [-0.25, -0.2) is 0 Å². The number of piperazine rings is 1. The predicted molar refractivity (Wildman–Crippen MR) is 94.4 cm³/mol. The molecule has 1 aromatic rings. The van der Waals surface area contributed by atoms with Gasteiger partial charge in [-0.15, -0.1) is 12.4 Å². The van der Waals surface area contributed by atoms with Gasteiger partial charge in [-0.3, -0.25) is 4.79 Å². The standard InChI is InChI=1S/C16H23ClN2O3.ClH/c1-4-7-22-15-13(17)8-12(9-14(15)21-3)16(20)19-6-5-18-11(2)10-19;/h8-9,11,18H,4-7,10H2,1-3H3;1H. The Morgan fingerprint density at radius 2 is 2.22 bits per heavy atom. The minimum atomic E-state index is -0.0319. The van der Waals surface area contributed by atoms with Crippen molar-refractivity contribution in [3.05, 3.63) is 22.7 Å². The number of hydrogen-bond acceptors (Lipinski definition) is 4. The summed E-state index contributed by atoms with van der Waals surface area (Å²) in [5, 5.41) is 3.72. The zero-order chi connectivity index (χ0) is 16.1. The smallest absolute Gasteiger partial charge is 0.254 e. The van der Waals surface area contributed by atoms with Crippen LogP contribution in [-0.4, -0.2) is 50.2 Å². The molecule has 130 valence electrons. The maximum absolute atomic E-state index is 12.6. The molecule has 1 amide bonds. The molecular weight excluding hydrogens is 339 g/mol. The first-order valence-electron chi connectivity index (χ1n) is 7.59. The molecule has 1 fully saturated rings. The maximum atomic E-state index is 12.6. The molecular formula is C16H24Cl2N2O3. The SMILES string of the molecule is CCCOc1c(Cl)cc(C(=O)N2CCNC(C)C2)cc1OC.Cl. The third-order valence-electron chi connectivity index (χ3n) is 3.58. The van der Waals surface area contributed by atoms with Crippen molar-refractivity contribution in [2.45, 2.75) is 26.3 Å². The molecule has 1 aliphatic rings. The minimum Gasteiger partial charge on any atom is -0.493 e. The Bertz CT molecular complexity index is 540. The molecule has 0 aliphatic carbocycles. The van der Waals surface area contributed by atoms with E-state index in [0.29, 0.717) is 47.8 Å². The van der Waals surface area contributed by atoms with Crippen LogP contribution in [-0.2, 0) is 0 Å². The van der Waals surface area contributed by atoms with E-state index in [1.54, 1.807) is 19.2 Å². The monoisotopic (exact) mass is 362 g/mol. The fraction of sp³-hybridized carbons (Fsp3) is 0.562. The van der Waals surface area contributed by atoms with Crippen molar-refractivity contribution in [3.8, 4) is 11.5 Å². The first-order valence-corrected chi connectivity index (χ1v) is 7.97. The van der Waals surface area contributed by atoms with Crippen LogP contribution in [0.1, 0.15) is 30.6 Å². The second-order valence-electron chi connectivity index (χ2n) is 5.44. The summed E-state index contributed by atoms with van der Waals surface area (Å²) in [6, 6.07) is 3.65. The van der Waals surface area contributed by atoms with Gasteiger partial charge in [0.05, 0.1) is 18.7 Å². The highest BCUT2D eigenvalue weighted by molar-refractivity contribution is 6.32. The van der Waals surface area contributed by atoms with Gasteiger partial charge in [-0.2, -0.15) is 0 Å². The van der Waals surface area contributed by atoms with Gasteiger partial charge in [-0.05, 0) is 25.5 Å². The number of halogens is 2. The van der Waals surface area contributed by atoms with Crippen LogP contribution in [0, 0.1) is 0 Å². The lowest BCUT2D eigenvalue weighted by Crippen LogP contribution is -2.51. The van der Waals surface area contributed by atoms with Gasteiger partial charge in [0.2, 0.25) is 0 Å². The molecule has 1 atom stereocenters. The molecule has 2 rings (SSSR count).